The number of aryl methyl sites for hydroxylation is 1. The number of fused-ring (bicyclic) bond motifs is 4. The Balaban J connectivity index is 0.827. The van der Waals surface area contributed by atoms with Gasteiger partial charge in [0.05, 0.1) is 48.0 Å². The van der Waals surface area contributed by atoms with Crippen molar-refractivity contribution in [3.63, 3.8) is 0 Å². The van der Waals surface area contributed by atoms with Gasteiger partial charge in [0.1, 0.15) is 48.1 Å². The number of H-pyrrole nitrogens is 1. The van der Waals surface area contributed by atoms with E-state index in [9.17, 15) is 19.8 Å². The zero-order valence-corrected chi connectivity index (χ0v) is 47.9. The van der Waals surface area contributed by atoms with Crippen LogP contribution in [0.2, 0.25) is 0 Å². The van der Waals surface area contributed by atoms with Crippen molar-refractivity contribution in [3.8, 4) is 45.4 Å². The van der Waals surface area contributed by atoms with E-state index in [4.69, 9.17) is 24.2 Å². The van der Waals surface area contributed by atoms with E-state index in [0.717, 1.165) is 88.9 Å². The molecule has 0 unspecified atom stereocenters. The van der Waals surface area contributed by atoms with Gasteiger partial charge in [-0.3, -0.25) is 19.4 Å². The Labute approximate surface area is 480 Å². The van der Waals surface area contributed by atoms with E-state index in [-0.39, 0.29) is 67.9 Å². The van der Waals surface area contributed by atoms with Gasteiger partial charge in [-0.1, -0.05) is 74.0 Å². The monoisotopic (exact) mass is 1130 g/mol. The van der Waals surface area contributed by atoms with E-state index in [1.165, 1.54) is 15.6 Å². The Morgan fingerprint density at radius 3 is 2.41 bits per heavy atom. The molecule has 434 valence electrons. The molecular weight excluding hydrogens is 1060 g/mol. The Morgan fingerprint density at radius 2 is 1.72 bits per heavy atom. The van der Waals surface area contributed by atoms with Crippen LogP contribution in [0.4, 0.5) is 10.2 Å². The normalized spacial score (nSPS) is 20.3. The van der Waals surface area contributed by atoms with Crippen molar-refractivity contribution in [2.75, 3.05) is 38.3 Å². The fraction of sp³-hybridized carbons (Fsp3) is 0.452. The summed E-state index contributed by atoms with van der Waals surface area (Å²) in [6, 6.07) is 19.2. The maximum absolute atomic E-state index is 16.2. The minimum atomic E-state index is -0.998. The highest BCUT2D eigenvalue weighted by Gasteiger charge is 2.44. The smallest absolute Gasteiger partial charge is 0.319 e. The van der Waals surface area contributed by atoms with Crippen molar-refractivity contribution in [2.45, 2.75) is 141 Å². The molecule has 8 aromatic rings. The van der Waals surface area contributed by atoms with E-state index in [1.807, 2.05) is 87.0 Å². The molecule has 2 amide bonds. The predicted octanol–water partition coefficient (Wildman–Crippen LogP) is 7.97. The molecule has 8 atom stereocenters. The zero-order chi connectivity index (χ0) is 57.8. The zero-order valence-electron chi connectivity index (χ0n) is 47.9. The lowest BCUT2D eigenvalue weighted by molar-refractivity contribution is -0.143. The molecule has 83 heavy (non-hydrogen) atoms. The fourth-order valence-corrected chi connectivity index (χ4v) is 12.6. The number of hydrogen-bond donors (Lipinski definition) is 5. The molecule has 3 aliphatic heterocycles. The van der Waals surface area contributed by atoms with Crippen LogP contribution >= 0.6 is 0 Å². The van der Waals surface area contributed by atoms with Gasteiger partial charge in [0.25, 0.3) is 0 Å². The van der Waals surface area contributed by atoms with Gasteiger partial charge in [-0.15, -0.1) is 5.10 Å². The van der Waals surface area contributed by atoms with Gasteiger partial charge in [-0.2, -0.15) is 20.2 Å². The lowest BCUT2D eigenvalue weighted by Crippen LogP contribution is -2.50. The summed E-state index contributed by atoms with van der Waals surface area (Å²) in [5, 5.41) is 51.0. The highest BCUT2D eigenvalue weighted by Crippen LogP contribution is 2.52. The number of aliphatic hydroxyl groups is 2. The molecule has 4 aliphatic rings. The summed E-state index contributed by atoms with van der Waals surface area (Å²) < 4.78 is 38.7. The second kappa shape index (κ2) is 23.1. The molecule has 7 heterocycles. The Hall–Kier alpha value is -7.85. The number of likely N-dealkylation sites (tertiary alicyclic amines) is 1. The standard InChI is InChI=1S/C62H72FN13O7/c1-8-75-51(20-21-66-75)40-16-18-41(19-17-40)55(36(6)77)67-60(79)52-23-44(78)29-74(52)61(80)57(33(2)3)76-30-50(71-72-76)39-14-12-37(13-15-39)32-82-58-54(53-35(5)48(63)25-49-47(53)27-65-70-49)45(38-10-9-11-38)24-46-56(58)68-62(83-31-34(4)81-7)69-59(46)73-28-42-22-43(73)26-64-42/h12-21,24-25,27,30,33-34,36,38,42-44,52,55,57,64,77-78H,8-11,22-23,26,28-29,31-32H2,1-7H3,(H,65,70)(H,67,79)/t34-,36+,42-,43-,44+,52-,55-,57-/m0/s1. The number of methoxy groups -OCH3 is 1. The average Bonchev–Trinajstić information content (AvgIpc) is 3.03. The molecule has 0 radical (unpaired) electrons. The van der Waals surface area contributed by atoms with Crippen LogP contribution in [0.15, 0.2) is 85.3 Å². The number of ether oxygens (including phenoxy) is 3. The average molecular weight is 1130 g/mol. The van der Waals surface area contributed by atoms with E-state index in [0.29, 0.717) is 51.8 Å². The van der Waals surface area contributed by atoms with E-state index >= 15 is 4.39 Å². The van der Waals surface area contributed by atoms with Gasteiger partial charge in [0.15, 0.2) is 5.75 Å². The summed E-state index contributed by atoms with van der Waals surface area (Å²) in [6.07, 6.45) is 7.16. The van der Waals surface area contributed by atoms with E-state index < -0.39 is 36.2 Å². The van der Waals surface area contributed by atoms with Crippen molar-refractivity contribution in [1.29, 1.82) is 0 Å². The second-order valence-electron chi connectivity index (χ2n) is 23.3. The maximum atomic E-state index is 16.2. The van der Waals surface area contributed by atoms with Crippen molar-refractivity contribution in [2.24, 2.45) is 5.92 Å². The predicted molar refractivity (Wildman–Crippen MR) is 311 cm³/mol. The number of halogens is 1. The minimum Gasteiger partial charge on any atom is -0.486 e. The molecule has 12 rings (SSSR count). The third kappa shape index (κ3) is 10.7. The number of benzene rings is 4. The lowest BCUT2D eigenvalue weighted by Gasteiger charge is -2.33. The van der Waals surface area contributed by atoms with Gasteiger partial charge in [0.2, 0.25) is 11.8 Å². The quantitative estimate of drug-likeness (QED) is 0.0487. The number of nitrogens with zero attached hydrogens (tertiary/aromatic N) is 10. The number of carbonyl (C=O) groups is 2. The van der Waals surface area contributed by atoms with Gasteiger partial charge < -0.3 is 44.9 Å². The Morgan fingerprint density at radius 1 is 0.940 bits per heavy atom. The number of aliphatic hydroxyl groups excluding tert-OH is 2. The number of amides is 2. The number of nitrogens with one attached hydrogen (secondary N) is 3. The topological polar surface area (TPSA) is 236 Å². The lowest BCUT2D eigenvalue weighted by atomic mass is 9.75. The van der Waals surface area contributed by atoms with Crippen LogP contribution in [0.5, 0.6) is 11.8 Å². The SMILES string of the molecule is CCn1nccc1-c1ccc([C@@H](NC(=O)[C@@H]2C[C@@H](O)CN2C(=O)[C@H](C(C)C)n2cc(-c3ccc(COc4c(-c5c(C)c(F)cc6[nH]ncc56)c(C5CCC5)cc5c(N6C[C@@H]7C[C@H]6CN7)nc(OC[C@H](C)OC)nc45)cc3)nn2)[C@@H](C)O)cc1. The molecular formula is C62H72FN13O7. The number of aromatic nitrogens is 9. The Bertz CT molecular complexity index is 3670. The third-order valence-corrected chi connectivity index (χ3v) is 17.4. The molecule has 1 saturated carbocycles. The molecule has 4 aromatic carbocycles. The third-order valence-electron chi connectivity index (χ3n) is 17.4. The number of piperazine rings is 1. The molecule has 21 heteroatoms. The highest BCUT2D eigenvalue weighted by atomic mass is 19.1. The van der Waals surface area contributed by atoms with Crippen LogP contribution in [0.3, 0.4) is 0 Å². The fourth-order valence-electron chi connectivity index (χ4n) is 12.6. The number of anilines is 1. The molecule has 20 nitrogen and oxygen atoms in total. The van der Waals surface area contributed by atoms with E-state index in [2.05, 4.69) is 47.2 Å². The van der Waals surface area contributed by atoms with Crippen LogP contribution in [0.25, 0.3) is 55.4 Å². The summed E-state index contributed by atoms with van der Waals surface area (Å²) in [7, 11) is 1.64. The first kappa shape index (κ1) is 55.7. The summed E-state index contributed by atoms with van der Waals surface area (Å²) in [4.78, 5) is 43.0. The summed E-state index contributed by atoms with van der Waals surface area (Å²) >= 11 is 0. The summed E-state index contributed by atoms with van der Waals surface area (Å²) in [6.45, 7) is 13.8. The highest BCUT2D eigenvalue weighted by molar-refractivity contribution is 6.06. The van der Waals surface area contributed by atoms with Crippen LogP contribution in [0.1, 0.15) is 107 Å². The molecule has 1 aliphatic carbocycles. The van der Waals surface area contributed by atoms with Crippen LogP contribution in [0, 0.1) is 18.7 Å². The minimum absolute atomic E-state index is 0.0332. The molecule has 0 spiro atoms. The van der Waals surface area contributed by atoms with Gasteiger partial charge in [-0.25, -0.2) is 9.07 Å². The van der Waals surface area contributed by atoms with Crippen molar-refractivity contribution in [1.82, 2.24) is 60.5 Å². The molecule has 4 fully saturated rings. The van der Waals surface area contributed by atoms with Gasteiger partial charge in [-0.05, 0) is 105 Å². The van der Waals surface area contributed by atoms with Gasteiger partial charge >= 0.3 is 6.01 Å². The van der Waals surface area contributed by atoms with Crippen LogP contribution in [-0.2, 0) is 27.5 Å². The van der Waals surface area contributed by atoms with Crippen molar-refractivity contribution in [3.05, 3.63) is 113 Å². The van der Waals surface area contributed by atoms with E-state index in [1.54, 1.807) is 39.5 Å². The van der Waals surface area contributed by atoms with Crippen LogP contribution < -0.4 is 25.0 Å². The number of β-amino-alcohol motifs (C(OH)–C–C–N with tert-alkyl or cyclic N) is 1. The maximum Gasteiger partial charge on any atom is 0.319 e. The van der Waals surface area contributed by atoms with Crippen LogP contribution in [-0.4, -0.2) is 142 Å². The number of aromatic amines is 1. The number of hydrogen-bond acceptors (Lipinski definition) is 15. The molecule has 3 saturated heterocycles. The molecule has 4 aromatic heterocycles. The molecule has 5 N–H and O–H groups in total. The second-order valence-corrected chi connectivity index (χ2v) is 23.3. The number of carbonyl (C=O) groups excluding carboxylic acids is 2. The Kier molecular flexibility index (Phi) is 15.5. The van der Waals surface area contributed by atoms with Gasteiger partial charge in [0, 0.05) is 85.5 Å². The summed E-state index contributed by atoms with van der Waals surface area (Å²) in [5.41, 5.74) is 8.83. The largest absolute Gasteiger partial charge is 0.486 e. The summed E-state index contributed by atoms with van der Waals surface area (Å²) in [5.74, 6) is -0.0300. The molecule has 2 bridgehead atoms. The first-order valence-corrected chi connectivity index (χ1v) is 29.1. The number of rotatable bonds is 20. The first-order chi connectivity index (χ1) is 40.2. The van der Waals surface area contributed by atoms with Crippen molar-refractivity contribution < 1.29 is 38.4 Å². The van der Waals surface area contributed by atoms with Crippen molar-refractivity contribution >= 4 is 39.4 Å². The first-order valence-electron chi connectivity index (χ1n) is 29.1.